The van der Waals surface area contributed by atoms with Crippen molar-refractivity contribution in [2.45, 2.75) is 12.6 Å². The van der Waals surface area contributed by atoms with Crippen LogP contribution in [0.2, 0.25) is 0 Å². The van der Waals surface area contributed by atoms with Crippen molar-refractivity contribution in [2.24, 2.45) is 0 Å². The van der Waals surface area contributed by atoms with E-state index < -0.39 is 0 Å². The molecule has 1 atom stereocenters. The van der Waals surface area contributed by atoms with E-state index >= 15 is 0 Å². The van der Waals surface area contributed by atoms with Crippen molar-refractivity contribution in [3.63, 3.8) is 0 Å². The minimum Gasteiger partial charge on any atom is -0.312 e. The van der Waals surface area contributed by atoms with Gasteiger partial charge in [0.25, 0.3) is 0 Å². The van der Waals surface area contributed by atoms with Gasteiger partial charge in [0.15, 0.2) is 0 Å². The number of benzene rings is 3. The second-order valence-electron chi connectivity index (χ2n) is 5.53. The number of nitrogens with zero attached hydrogens (tertiary/aromatic N) is 1. The first-order chi connectivity index (χ1) is 11.8. The van der Waals surface area contributed by atoms with Gasteiger partial charge in [-0.1, -0.05) is 90.7 Å². The first-order valence-corrected chi connectivity index (χ1v) is 7.94. The molecule has 0 bridgehead atoms. The van der Waals surface area contributed by atoms with Gasteiger partial charge < -0.3 is 5.21 Å². The molecular weight excluding hydrogens is 294 g/mol. The molecule has 0 amide bonds. The lowest BCUT2D eigenvalue weighted by Gasteiger charge is -2.22. The van der Waals surface area contributed by atoms with Gasteiger partial charge in [0.2, 0.25) is 0 Å². The average Bonchev–Trinajstić information content (AvgIpc) is 2.64. The summed E-state index contributed by atoms with van der Waals surface area (Å²) in [5.74, 6) is 6.36. The van der Waals surface area contributed by atoms with Gasteiger partial charge in [-0.15, -0.1) is 0 Å². The largest absolute Gasteiger partial charge is 0.312 e. The standard InChI is InChI=1S/C22H19NO/c24-23(18-20-12-6-2-7-13-20)22(21-14-8-3-9-15-21)17-16-19-10-4-1-5-11-19/h1-15,22,24H,18H2/t22-/m1/s1. The zero-order valence-electron chi connectivity index (χ0n) is 13.3. The van der Waals surface area contributed by atoms with Gasteiger partial charge in [0, 0.05) is 5.56 Å². The molecule has 0 aliphatic rings. The van der Waals surface area contributed by atoms with Gasteiger partial charge in [0.05, 0.1) is 6.54 Å². The maximum absolute atomic E-state index is 10.6. The Morgan fingerprint density at radius 3 is 1.92 bits per heavy atom. The van der Waals surface area contributed by atoms with Crippen LogP contribution in [0.1, 0.15) is 22.7 Å². The van der Waals surface area contributed by atoms with Crippen molar-refractivity contribution in [1.29, 1.82) is 0 Å². The van der Waals surface area contributed by atoms with Crippen LogP contribution >= 0.6 is 0 Å². The van der Waals surface area contributed by atoms with E-state index in [-0.39, 0.29) is 6.04 Å². The van der Waals surface area contributed by atoms with Crippen LogP contribution in [0, 0.1) is 11.8 Å². The molecule has 1 N–H and O–H groups in total. The Bertz CT molecular complexity index is 804. The lowest BCUT2D eigenvalue weighted by molar-refractivity contribution is -0.121. The smallest absolute Gasteiger partial charge is 0.121 e. The zero-order chi connectivity index (χ0) is 16.6. The predicted octanol–water partition coefficient (Wildman–Crippen LogP) is 4.67. The van der Waals surface area contributed by atoms with E-state index in [1.54, 1.807) is 0 Å². The van der Waals surface area contributed by atoms with Gasteiger partial charge in [-0.3, -0.25) is 0 Å². The first-order valence-electron chi connectivity index (χ1n) is 7.94. The fourth-order valence-electron chi connectivity index (χ4n) is 2.50. The summed E-state index contributed by atoms with van der Waals surface area (Å²) in [4.78, 5) is 0. The van der Waals surface area contributed by atoms with E-state index in [9.17, 15) is 5.21 Å². The van der Waals surface area contributed by atoms with Crippen LogP contribution in [-0.4, -0.2) is 10.3 Å². The van der Waals surface area contributed by atoms with Crippen molar-refractivity contribution in [3.05, 3.63) is 108 Å². The van der Waals surface area contributed by atoms with Crippen LogP contribution in [0.5, 0.6) is 0 Å². The number of hydroxylamine groups is 2. The van der Waals surface area contributed by atoms with Crippen LogP contribution in [0.15, 0.2) is 91.0 Å². The first kappa shape index (κ1) is 16.0. The number of hydrogen-bond donors (Lipinski definition) is 1. The Morgan fingerprint density at radius 2 is 1.29 bits per heavy atom. The van der Waals surface area contributed by atoms with Gasteiger partial charge in [-0.05, 0) is 23.3 Å². The molecule has 24 heavy (non-hydrogen) atoms. The molecule has 0 saturated carbocycles. The zero-order valence-corrected chi connectivity index (χ0v) is 13.3. The Labute approximate surface area is 143 Å². The van der Waals surface area contributed by atoms with E-state index in [4.69, 9.17) is 0 Å². The molecule has 3 rings (SSSR count). The fourth-order valence-corrected chi connectivity index (χ4v) is 2.50. The Balaban J connectivity index is 1.86. The van der Waals surface area contributed by atoms with Gasteiger partial charge >= 0.3 is 0 Å². The molecule has 0 spiro atoms. The van der Waals surface area contributed by atoms with Crippen molar-refractivity contribution in [1.82, 2.24) is 5.06 Å². The van der Waals surface area contributed by atoms with Crippen molar-refractivity contribution >= 4 is 0 Å². The molecule has 2 nitrogen and oxygen atoms in total. The van der Waals surface area contributed by atoms with E-state index in [0.29, 0.717) is 6.54 Å². The lowest BCUT2D eigenvalue weighted by Crippen LogP contribution is -2.24. The SMILES string of the molecule is ON(Cc1ccccc1)[C@H](C#Cc1ccccc1)c1ccccc1. The summed E-state index contributed by atoms with van der Waals surface area (Å²) < 4.78 is 0. The third-order valence-electron chi connectivity index (χ3n) is 3.73. The van der Waals surface area contributed by atoms with Crippen LogP contribution in [0.25, 0.3) is 0 Å². The molecular formula is C22H19NO. The molecule has 118 valence electrons. The van der Waals surface area contributed by atoms with E-state index in [1.807, 2.05) is 91.0 Å². The topological polar surface area (TPSA) is 23.5 Å². The molecule has 0 aromatic heterocycles. The summed E-state index contributed by atoms with van der Waals surface area (Å²) in [7, 11) is 0. The third-order valence-corrected chi connectivity index (χ3v) is 3.73. The van der Waals surface area contributed by atoms with Gasteiger partial charge in [-0.25, -0.2) is 0 Å². The monoisotopic (exact) mass is 313 g/mol. The minimum atomic E-state index is -0.383. The molecule has 0 heterocycles. The van der Waals surface area contributed by atoms with Crippen LogP contribution in [0.3, 0.4) is 0 Å². The molecule has 0 fully saturated rings. The maximum atomic E-state index is 10.6. The maximum Gasteiger partial charge on any atom is 0.121 e. The highest BCUT2D eigenvalue weighted by atomic mass is 16.5. The van der Waals surface area contributed by atoms with Crippen LogP contribution < -0.4 is 0 Å². The molecule has 0 radical (unpaired) electrons. The summed E-state index contributed by atoms with van der Waals surface area (Å²) >= 11 is 0. The second-order valence-corrected chi connectivity index (χ2v) is 5.53. The van der Waals surface area contributed by atoms with Crippen LogP contribution in [0.4, 0.5) is 0 Å². The fraction of sp³-hybridized carbons (Fsp3) is 0.0909. The summed E-state index contributed by atoms with van der Waals surface area (Å²) in [5, 5.41) is 11.9. The predicted molar refractivity (Wildman–Crippen MR) is 96.3 cm³/mol. The van der Waals surface area contributed by atoms with E-state index in [0.717, 1.165) is 16.7 Å². The highest BCUT2D eigenvalue weighted by molar-refractivity contribution is 5.37. The Morgan fingerprint density at radius 1 is 0.750 bits per heavy atom. The normalized spacial score (nSPS) is 11.6. The van der Waals surface area contributed by atoms with E-state index in [1.165, 1.54) is 5.06 Å². The highest BCUT2D eigenvalue weighted by Gasteiger charge is 2.16. The summed E-state index contributed by atoms with van der Waals surface area (Å²) in [6.07, 6.45) is 0. The molecule has 0 aliphatic carbocycles. The second kappa shape index (κ2) is 8.12. The van der Waals surface area contributed by atoms with Gasteiger partial charge in [0.1, 0.15) is 6.04 Å². The quantitative estimate of drug-likeness (QED) is 0.559. The van der Waals surface area contributed by atoms with Crippen LogP contribution in [-0.2, 0) is 6.54 Å². The summed E-state index contributed by atoms with van der Waals surface area (Å²) in [6.45, 7) is 0.421. The lowest BCUT2D eigenvalue weighted by atomic mass is 10.1. The Hall–Kier alpha value is -2.86. The molecule has 2 heteroatoms. The average molecular weight is 313 g/mol. The van der Waals surface area contributed by atoms with E-state index in [2.05, 4.69) is 11.8 Å². The summed E-state index contributed by atoms with van der Waals surface area (Å²) in [6, 6.07) is 29.2. The third kappa shape index (κ3) is 4.33. The molecule has 0 saturated heterocycles. The Kier molecular flexibility index (Phi) is 5.42. The molecule has 3 aromatic carbocycles. The highest BCUT2D eigenvalue weighted by Crippen LogP contribution is 2.20. The number of rotatable bonds is 4. The van der Waals surface area contributed by atoms with Gasteiger partial charge in [-0.2, -0.15) is 5.06 Å². The minimum absolute atomic E-state index is 0.383. The molecule has 0 aliphatic heterocycles. The number of hydrogen-bond acceptors (Lipinski definition) is 2. The van der Waals surface area contributed by atoms with Crippen molar-refractivity contribution < 1.29 is 5.21 Å². The summed E-state index contributed by atoms with van der Waals surface area (Å²) in [5.41, 5.74) is 2.95. The van der Waals surface area contributed by atoms with Crippen molar-refractivity contribution in [3.8, 4) is 11.8 Å². The molecule has 3 aromatic rings. The molecule has 0 unspecified atom stereocenters. The van der Waals surface area contributed by atoms with Crippen molar-refractivity contribution in [2.75, 3.05) is 0 Å².